The molecular formula is C21H25NO3. The van der Waals surface area contributed by atoms with Crippen LogP contribution in [0.2, 0.25) is 0 Å². The van der Waals surface area contributed by atoms with E-state index in [0.29, 0.717) is 6.54 Å². The number of rotatable bonds is 6. The summed E-state index contributed by atoms with van der Waals surface area (Å²) in [5.41, 5.74) is 3.74. The molecule has 132 valence electrons. The molecule has 1 aromatic rings. The molecule has 1 saturated carbocycles. The molecule has 1 amide bonds. The van der Waals surface area contributed by atoms with Gasteiger partial charge in [-0.2, -0.15) is 0 Å². The minimum Gasteiger partial charge on any atom is -0.353 e. The van der Waals surface area contributed by atoms with Crippen LogP contribution in [0.25, 0.3) is 6.08 Å². The van der Waals surface area contributed by atoms with Crippen molar-refractivity contribution in [3.8, 4) is 0 Å². The van der Waals surface area contributed by atoms with Crippen molar-refractivity contribution < 1.29 is 14.4 Å². The van der Waals surface area contributed by atoms with Crippen LogP contribution in [0.1, 0.15) is 47.9 Å². The lowest BCUT2D eigenvalue weighted by atomic mass is 9.86. The highest BCUT2D eigenvalue weighted by Crippen LogP contribution is 2.37. The van der Waals surface area contributed by atoms with Gasteiger partial charge in [-0.25, -0.2) is 0 Å². The lowest BCUT2D eigenvalue weighted by Crippen LogP contribution is -2.27. The van der Waals surface area contributed by atoms with Gasteiger partial charge in [-0.05, 0) is 43.0 Å². The van der Waals surface area contributed by atoms with Crippen molar-refractivity contribution in [1.29, 1.82) is 0 Å². The van der Waals surface area contributed by atoms with Gasteiger partial charge in [0, 0.05) is 25.3 Å². The number of nitrogens with one attached hydrogen (secondary N) is 1. The van der Waals surface area contributed by atoms with Gasteiger partial charge in [-0.3, -0.25) is 14.4 Å². The van der Waals surface area contributed by atoms with E-state index in [-0.39, 0.29) is 30.3 Å². The molecule has 0 bridgehead atoms. The highest BCUT2D eigenvalue weighted by Gasteiger charge is 2.43. The fourth-order valence-corrected chi connectivity index (χ4v) is 3.57. The number of hydrogen-bond acceptors (Lipinski definition) is 3. The van der Waals surface area contributed by atoms with Crippen LogP contribution < -0.4 is 5.32 Å². The summed E-state index contributed by atoms with van der Waals surface area (Å²) in [6, 6.07) is 3.99. The van der Waals surface area contributed by atoms with Crippen LogP contribution in [0.5, 0.6) is 0 Å². The van der Waals surface area contributed by atoms with Gasteiger partial charge in [0.2, 0.25) is 5.91 Å². The second-order valence-corrected chi connectivity index (χ2v) is 6.57. The normalized spacial score (nSPS) is 20.3. The van der Waals surface area contributed by atoms with Crippen molar-refractivity contribution in [2.45, 2.75) is 39.5 Å². The van der Waals surface area contributed by atoms with Crippen molar-refractivity contribution in [1.82, 2.24) is 5.32 Å². The van der Waals surface area contributed by atoms with Crippen LogP contribution in [0.15, 0.2) is 30.9 Å². The first-order valence-corrected chi connectivity index (χ1v) is 8.56. The van der Waals surface area contributed by atoms with Gasteiger partial charge >= 0.3 is 0 Å². The monoisotopic (exact) mass is 339 g/mol. The fourth-order valence-electron chi connectivity index (χ4n) is 3.57. The van der Waals surface area contributed by atoms with E-state index in [0.717, 1.165) is 22.3 Å². The summed E-state index contributed by atoms with van der Waals surface area (Å²) in [6.07, 6.45) is 5.73. The Morgan fingerprint density at radius 1 is 1.28 bits per heavy atom. The van der Waals surface area contributed by atoms with Crippen LogP contribution >= 0.6 is 0 Å². The summed E-state index contributed by atoms with van der Waals surface area (Å²) in [7, 11) is 0. The number of aryl methyl sites for hydroxylation is 2. The number of hydrogen-bond donors (Lipinski definition) is 1. The third-order valence-corrected chi connectivity index (χ3v) is 4.60. The zero-order valence-electron chi connectivity index (χ0n) is 15.1. The van der Waals surface area contributed by atoms with Gasteiger partial charge in [-0.15, -0.1) is 6.58 Å². The first-order chi connectivity index (χ1) is 11.9. The maximum absolute atomic E-state index is 12.8. The standard InChI is InChI=1S/C21H25NO3/c1-5-7-15-9-13(3)19(14(4)10-15)20-17(23)11-16(21(20)25)12-18(24)22-8-6-2/h5-7,9-10,16,20H,2,8,11-12H2,1,3-4H3,(H,22,24)/b7-5+. The van der Waals surface area contributed by atoms with Crippen LogP contribution in [0.3, 0.4) is 0 Å². The Morgan fingerprint density at radius 3 is 2.48 bits per heavy atom. The van der Waals surface area contributed by atoms with Crippen molar-refractivity contribution in [2.75, 3.05) is 6.54 Å². The molecule has 2 rings (SSSR count). The van der Waals surface area contributed by atoms with Gasteiger partial charge in [0.25, 0.3) is 0 Å². The molecule has 0 aliphatic heterocycles. The third kappa shape index (κ3) is 4.13. The highest BCUT2D eigenvalue weighted by atomic mass is 16.2. The van der Waals surface area contributed by atoms with Gasteiger partial charge in [-0.1, -0.05) is 30.4 Å². The molecule has 1 aliphatic rings. The molecular weight excluding hydrogens is 314 g/mol. The van der Waals surface area contributed by atoms with E-state index in [1.165, 1.54) is 0 Å². The summed E-state index contributed by atoms with van der Waals surface area (Å²) in [5, 5.41) is 2.67. The first-order valence-electron chi connectivity index (χ1n) is 8.56. The fraction of sp³-hybridized carbons (Fsp3) is 0.381. The van der Waals surface area contributed by atoms with Crippen LogP contribution in [-0.2, 0) is 14.4 Å². The molecule has 1 fully saturated rings. The molecule has 2 unspecified atom stereocenters. The van der Waals surface area contributed by atoms with E-state index in [2.05, 4.69) is 11.9 Å². The smallest absolute Gasteiger partial charge is 0.220 e. The van der Waals surface area contributed by atoms with Gasteiger partial charge in [0.1, 0.15) is 11.7 Å². The summed E-state index contributed by atoms with van der Waals surface area (Å²) < 4.78 is 0. The number of ketones is 2. The number of carbonyl (C=O) groups excluding carboxylic acids is 3. The Balaban J connectivity index is 2.26. The average molecular weight is 339 g/mol. The Labute approximate surface area is 149 Å². The molecule has 4 heteroatoms. The Bertz CT molecular complexity index is 723. The first kappa shape index (κ1) is 18.8. The number of benzene rings is 1. The molecule has 4 nitrogen and oxygen atoms in total. The maximum Gasteiger partial charge on any atom is 0.220 e. The molecule has 2 atom stereocenters. The number of amides is 1. The number of carbonyl (C=O) groups is 3. The Hall–Kier alpha value is -2.49. The lowest BCUT2D eigenvalue weighted by molar-refractivity contribution is -0.128. The summed E-state index contributed by atoms with van der Waals surface area (Å²) >= 11 is 0. The summed E-state index contributed by atoms with van der Waals surface area (Å²) in [6.45, 7) is 9.72. The minimum atomic E-state index is -0.739. The lowest BCUT2D eigenvalue weighted by Gasteiger charge is -2.16. The van der Waals surface area contributed by atoms with Crippen LogP contribution in [0, 0.1) is 19.8 Å². The van der Waals surface area contributed by atoms with E-state index < -0.39 is 11.8 Å². The van der Waals surface area contributed by atoms with Crippen molar-refractivity contribution >= 4 is 23.5 Å². The molecule has 0 aromatic heterocycles. The SMILES string of the molecule is C=CCNC(=O)CC1CC(=O)C(c2c(C)cc(/C=C/C)cc2C)C1=O. The van der Waals surface area contributed by atoms with Gasteiger partial charge in [0.05, 0.1) is 0 Å². The van der Waals surface area contributed by atoms with Gasteiger partial charge in [0.15, 0.2) is 5.78 Å². The second-order valence-electron chi connectivity index (χ2n) is 6.57. The number of allylic oxidation sites excluding steroid dienone is 1. The second kappa shape index (κ2) is 8.06. The number of Topliss-reactive ketones (excluding diaryl/α,β-unsaturated/α-hetero) is 2. The van der Waals surface area contributed by atoms with Crippen LogP contribution in [0.4, 0.5) is 0 Å². The Morgan fingerprint density at radius 2 is 1.92 bits per heavy atom. The van der Waals surface area contributed by atoms with Crippen molar-refractivity contribution in [3.05, 3.63) is 53.1 Å². The largest absolute Gasteiger partial charge is 0.353 e. The predicted octanol–water partition coefficient (Wildman–Crippen LogP) is 3.27. The quantitative estimate of drug-likeness (QED) is 0.639. The van der Waals surface area contributed by atoms with Crippen molar-refractivity contribution in [3.63, 3.8) is 0 Å². The zero-order valence-corrected chi connectivity index (χ0v) is 15.1. The Kier molecular flexibility index (Phi) is 6.07. The maximum atomic E-state index is 12.8. The van der Waals surface area contributed by atoms with E-state index >= 15 is 0 Å². The average Bonchev–Trinajstić information content (AvgIpc) is 2.80. The molecule has 25 heavy (non-hydrogen) atoms. The van der Waals surface area contributed by atoms with E-state index in [1.807, 2.05) is 45.1 Å². The van der Waals surface area contributed by atoms with E-state index in [9.17, 15) is 14.4 Å². The summed E-state index contributed by atoms with van der Waals surface area (Å²) in [5.74, 6) is -1.71. The predicted molar refractivity (Wildman–Crippen MR) is 99.3 cm³/mol. The molecule has 1 aromatic carbocycles. The topological polar surface area (TPSA) is 63.2 Å². The van der Waals surface area contributed by atoms with Crippen molar-refractivity contribution in [2.24, 2.45) is 5.92 Å². The highest BCUT2D eigenvalue weighted by molar-refractivity contribution is 6.15. The van der Waals surface area contributed by atoms with Crippen LogP contribution in [-0.4, -0.2) is 24.0 Å². The van der Waals surface area contributed by atoms with E-state index in [1.54, 1.807) is 6.08 Å². The molecule has 1 aliphatic carbocycles. The molecule has 0 radical (unpaired) electrons. The summed E-state index contributed by atoms with van der Waals surface area (Å²) in [4.78, 5) is 37.2. The van der Waals surface area contributed by atoms with Gasteiger partial charge < -0.3 is 5.32 Å². The minimum absolute atomic E-state index is 0.0592. The molecule has 1 N–H and O–H groups in total. The molecule has 0 heterocycles. The van der Waals surface area contributed by atoms with E-state index in [4.69, 9.17) is 0 Å². The molecule has 0 saturated heterocycles. The third-order valence-electron chi connectivity index (χ3n) is 4.60. The zero-order chi connectivity index (χ0) is 18.6. The molecule has 0 spiro atoms.